The highest BCUT2D eigenvalue weighted by atomic mass is 127. The van der Waals surface area contributed by atoms with E-state index in [-0.39, 0.29) is 50.5 Å². The highest BCUT2D eigenvalue weighted by Gasteiger charge is 2.42. The Bertz CT molecular complexity index is 1250. The molecule has 10 nitrogen and oxygen atoms in total. The van der Waals surface area contributed by atoms with E-state index in [9.17, 15) is 29.7 Å². The van der Waals surface area contributed by atoms with Gasteiger partial charge in [0, 0.05) is 31.5 Å². The van der Waals surface area contributed by atoms with Crippen molar-refractivity contribution < 1.29 is 39.2 Å². The summed E-state index contributed by atoms with van der Waals surface area (Å²) in [7, 11) is 1.45. The van der Waals surface area contributed by atoms with Gasteiger partial charge in [-0.15, -0.1) is 0 Å². The quantitative estimate of drug-likeness (QED) is 0.199. The summed E-state index contributed by atoms with van der Waals surface area (Å²) < 4.78 is 12.3. The topological polar surface area (TPSA) is 146 Å². The molecule has 2 amide bonds. The van der Waals surface area contributed by atoms with Gasteiger partial charge in [-0.3, -0.25) is 14.4 Å². The van der Waals surface area contributed by atoms with Crippen molar-refractivity contribution in [2.45, 2.75) is 58.1 Å². The molecule has 1 aliphatic carbocycles. The summed E-state index contributed by atoms with van der Waals surface area (Å²) in [6, 6.07) is 9.80. The highest BCUT2D eigenvalue weighted by Crippen LogP contribution is 2.37. The second-order valence-electron chi connectivity index (χ2n) is 9.48. The van der Waals surface area contributed by atoms with Crippen LogP contribution in [0.15, 0.2) is 48.0 Å². The number of nitrogens with zero attached hydrogens (tertiary/aromatic N) is 1. The number of hydrogen-bond acceptors (Lipinski definition) is 8. The van der Waals surface area contributed by atoms with Crippen molar-refractivity contribution in [1.29, 1.82) is 0 Å². The normalized spacial score (nSPS) is 18.5. The van der Waals surface area contributed by atoms with Crippen LogP contribution in [0.25, 0.3) is 0 Å². The van der Waals surface area contributed by atoms with Crippen molar-refractivity contribution >= 4 is 40.2 Å². The summed E-state index contributed by atoms with van der Waals surface area (Å²) >= 11 is 2.02. The van der Waals surface area contributed by atoms with E-state index in [1.54, 1.807) is 19.1 Å². The Kier molecular flexibility index (Phi) is 11.5. The lowest BCUT2D eigenvalue weighted by molar-refractivity contribution is -0.149. The Labute approximate surface area is 247 Å². The summed E-state index contributed by atoms with van der Waals surface area (Å²) in [5.41, 5.74) is 2.62. The van der Waals surface area contributed by atoms with Crippen molar-refractivity contribution in [3.8, 4) is 11.5 Å². The number of aliphatic hydroxyl groups excluding tert-OH is 3. The first-order valence-electron chi connectivity index (χ1n) is 12.9. The van der Waals surface area contributed by atoms with Crippen molar-refractivity contribution in [3.63, 3.8) is 0 Å². The molecule has 11 heteroatoms. The van der Waals surface area contributed by atoms with Crippen LogP contribution in [0.1, 0.15) is 36.5 Å². The fourth-order valence-corrected chi connectivity index (χ4v) is 5.23. The van der Waals surface area contributed by atoms with Crippen LogP contribution in [0.4, 0.5) is 0 Å². The van der Waals surface area contributed by atoms with Crippen LogP contribution >= 0.6 is 22.6 Å². The standard InChI is InChI=1S/C29H35IN2O8/c1-4-23(35)29(38)32(15-18-7-5-17(2)6-8-18)22-13-20(28(37)31-9-10-33)14-24(26(22)36)40-27-21(30)11-19(16-34)12-25(27)39-3/h5-8,11-12,14,22,24,26,33-34,36H,4,9-10,13,15-16H2,1-3H3,(H,31,37)/t22-,24+,26+/m1/s1. The predicted octanol–water partition coefficient (Wildman–Crippen LogP) is 2.02. The zero-order chi connectivity index (χ0) is 29.4. The van der Waals surface area contributed by atoms with Gasteiger partial charge in [0.2, 0.25) is 11.7 Å². The highest BCUT2D eigenvalue weighted by molar-refractivity contribution is 14.1. The molecule has 0 heterocycles. The maximum absolute atomic E-state index is 13.4. The minimum atomic E-state index is -1.31. The number of carbonyl (C=O) groups is 3. The predicted molar refractivity (Wildman–Crippen MR) is 156 cm³/mol. The number of halogens is 1. The van der Waals surface area contributed by atoms with Gasteiger partial charge >= 0.3 is 0 Å². The van der Waals surface area contributed by atoms with E-state index in [2.05, 4.69) is 5.32 Å². The van der Waals surface area contributed by atoms with E-state index >= 15 is 0 Å². The van der Waals surface area contributed by atoms with Gasteiger partial charge in [-0.05, 0) is 58.9 Å². The molecule has 216 valence electrons. The number of carbonyl (C=O) groups excluding carboxylic acids is 3. The van der Waals surface area contributed by atoms with Gasteiger partial charge in [-0.1, -0.05) is 36.8 Å². The van der Waals surface area contributed by atoms with Crippen LogP contribution in [-0.4, -0.2) is 76.3 Å². The third-order valence-electron chi connectivity index (χ3n) is 6.63. The largest absolute Gasteiger partial charge is 0.493 e. The van der Waals surface area contributed by atoms with Gasteiger partial charge in [-0.25, -0.2) is 0 Å². The van der Waals surface area contributed by atoms with Gasteiger partial charge in [0.1, 0.15) is 12.2 Å². The number of hydrogen-bond donors (Lipinski definition) is 4. The Morgan fingerprint density at radius 2 is 1.82 bits per heavy atom. The summed E-state index contributed by atoms with van der Waals surface area (Å²) in [6.07, 6.45) is -0.977. The van der Waals surface area contributed by atoms with Crippen LogP contribution in [0.5, 0.6) is 11.5 Å². The van der Waals surface area contributed by atoms with Gasteiger partial charge in [0.05, 0.1) is 29.9 Å². The second kappa shape index (κ2) is 14.6. The van der Waals surface area contributed by atoms with E-state index in [0.717, 1.165) is 11.1 Å². The zero-order valence-electron chi connectivity index (χ0n) is 22.7. The van der Waals surface area contributed by atoms with Crippen molar-refractivity contribution in [2.24, 2.45) is 0 Å². The maximum atomic E-state index is 13.4. The number of Topliss-reactive ketones (excluding diaryl/α,β-unsaturated/α-hetero) is 1. The Morgan fingerprint density at radius 1 is 1.12 bits per heavy atom. The molecule has 0 aromatic heterocycles. The number of aliphatic hydroxyl groups is 3. The number of ether oxygens (including phenoxy) is 2. The number of ketones is 1. The molecule has 0 aliphatic heterocycles. The number of amides is 2. The molecular formula is C29H35IN2O8. The molecule has 3 atom stereocenters. The summed E-state index contributed by atoms with van der Waals surface area (Å²) in [6.45, 7) is 3.11. The van der Waals surface area contributed by atoms with E-state index in [1.807, 2.05) is 53.8 Å². The number of rotatable bonds is 12. The first-order valence-corrected chi connectivity index (χ1v) is 14.0. The molecular weight excluding hydrogens is 631 g/mol. The summed E-state index contributed by atoms with van der Waals surface area (Å²) in [4.78, 5) is 40.3. The SMILES string of the molecule is CCC(=O)C(=O)N(Cc1ccc(C)cc1)[C@@H]1CC(C(=O)NCCO)=C[C@H](Oc2c(I)cc(CO)cc2OC)[C@H]1O. The van der Waals surface area contributed by atoms with Crippen molar-refractivity contribution in [2.75, 3.05) is 20.3 Å². The molecule has 0 fully saturated rings. The lowest BCUT2D eigenvalue weighted by Crippen LogP contribution is -2.56. The molecule has 1 aliphatic rings. The zero-order valence-corrected chi connectivity index (χ0v) is 24.9. The van der Waals surface area contributed by atoms with E-state index in [1.165, 1.54) is 18.1 Å². The van der Waals surface area contributed by atoms with Gasteiger partial charge in [-0.2, -0.15) is 0 Å². The van der Waals surface area contributed by atoms with E-state index < -0.39 is 35.8 Å². The maximum Gasteiger partial charge on any atom is 0.290 e. The van der Waals surface area contributed by atoms with Crippen LogP contribution < -0.4 is 14.8 Å². The van der Waals surface area contributed by atoms with Gasteiger partial charge in [0.25, 0.3) is 5.91 Å². The van der Waals surface area contributed by atoms with Gasteiger partial charge < -0.3 is 35.0 Å². The molecule has 0 spiro atoms. The minimum Gasteiger partial charge on any atom is -0.493 e. The van der Waals surface area contributed by atoms with Gasteiger partial charge in [0.15, 0.2) is 11.5 Å². The smallest absolute Gasteiger partial charge is 0.290 e. The number of nitrogens with one attached hydrogen (secondary N) is 1. The number of benzene rings is 2. The summed E-state index contributed by atoms with van der Waals surface area (Å²) in [5, 5.41) is 33.0. The monoisotopic (exact) mass is 666 g/mol. The fourth-order valence-electron chi connectivity index (χ4n) is 4.44. The van der Waals surface area contributed by atoms with E-state index in [0.29, 0.717) is 14.9 Å². The third kappa shape index (κ3) is 7.59. The molecule has 0 saturated carbocycles. The van der Waals surface area contributed by atoms with Crippen LogP contribution in [0.2, 0.25) is 0 Å². The molecule has 40 heavy (non-hydrogen) atoms. The second-order valence-corrected chi connectivity index (χ2v) is 10.6. The first kappa shape index (κ1) is 31.5. The molecule has 2 aromatic carbocycles. The third-order valence-corrected chi connectivity index (χ3v) is 7.44. The number of methoxy groups -OCH3 is 1. The van der Waals surface area contributed by atoms with Crippen LogP contribution in [-0.2, 0) is 27.5 Å². The molecule has 0 unspecified atom stereocenters. The van der Waals surface area contributed by atoms with Crippen molar-refractivity contribution in [1.82, 2.24) is 10.2 Å². The fraction of sp³-hybridized carbons (Fsp3) is 0.414. The number of aryl methyl sites for hydroxylation is 1. The van der Waals surface area contributed by atoms with Crippen molar-refractivity contribution in [3.05, 3.63) is 68.3 Å². The first-order chi connectivity index (χ1) is 19.1. The summed E-state index contributed by atoms with van der Waals surface area (Å²) in [5.74, 6) is -1.26. The minimum absolute atomic E-state index is 0.0156. The Balaban J connectivity index is 2.06. The molecule has 2 aromatic rings. The molecule has 0 saturated heterocycles. The lowest BCUT2D eigenvalue weighted by atomic mass is 9.87. The van der Waals surface area contributed by atoms with Crippen LogP contribution in [0, 0.1) is 10.5 Å². The molecule has 4 N–H and O–H groups in total. The molecule has 0 bridgehead atoms. The lowest BCUT2D eigenvalue weighted by Gasteiger charge is -2.40. The molecule has 3 rings (SSSR count). The molecule has 0 radical (unpaired) electrons. The van der Waals surface area contributed by atoms with E-state index in [4.69, 9.17) is 9.47 Å². The average molecular weight is 667 g/mol. The Morgan fingerprint density at radius 3 is 2.42 bits per heavy atom. The Hall–Kier alpha value is -3.00. The van der Waals surface area contributed by atoms with Crippen LogP contribution in [0.3, 0.4) is 0 Å². The average Bonchev–Trinajstić information content (AvgIpc) is 2.96.